The molecule has 0 aliphatic heterocycles. The number of nitro benzene ring substituents is 1. The maximum Gasteiger partial charge on any atom is 0.270 e. The summed E-state index contributed by atoms with van der Waals surface area (Å²) in [6.45, 7) is 1.50. The number of nitro groups is 1. The Bertz CT molecular complexity index is 1620. The van der Waals surface area contributed by atoms with Gasteiger partial charge in [-0.3, -0.25) is 29.4 Å². The number of fused-ring (bicyclic) bond motifs is 3. The Morgan fingerprint density at radius 3 is 2.44 bits per heavy atom. The van der Waals surface area contributed by atoms with Gasteiger partial charge >= 0.3 is 0 Å². The first-order chi connectivity index (χ1) is 19.2. The van der Waals surface area contributed by atoms with Gasteiger partial charge in [-0.2, -0.15) is 0 Å². The molecule has 5 rings (SSSR count). The zero-order chi connectivity index (χ0) is 30.1. The minimum Gasteiger partial charge on any atom is -0.509 e. The second-order valence-corrected chi connectivity index (χ2v) is 11.1. The van der Waals surface area contributed by atoms with Crippen molar-refractivity contribution in [1.29, 1.82) is 0 Å². The number of aromatic hydroxyl groups is 1. The van der Waals surface area contributed by atoms with Crippen molar-refractivity contribution in [2.45, 2.75) is 31.8 Å². The number of carbonyl (C=O) groups is 3. The highest BCUT2D eigenvalue weighted by Gasteiger charge is 2.60. The number of hydrogen-bond donors (Lipinski definition) is 5. The molecule has 3 aliphatic rings. The summed E-state index contributed by atoms with van der Waals surface area (Å²) in [7, 11) is 3.30. The van der Waals surface area contributed by atoms with Crippen molar-refractivity contribution < 1.29 is 34.6 Å². The van der Waals surface area contributed by atoms with Crippen LogP contribution in [0.4, 0.5) is 5.69 Å². The van der Waals surface area contributed by atoms with Gasteiger partial charge in [-0.15, -0.1) is 0 Å². The molecule has 12 heteroatoms. The molecule has 12 nitrogen and oxygen atoms in total. The van der Waals surface area contributed by atoms with Gasteiger partial charge in [-0.1, -0.05) is 12.1 Å². The number of carbonyl (C=O) groups excluding carboxylic acids is 3. The fourth-order valence-corrected chi connectivity index (χ4v) is 6.76. The zero-order valence-corrected chi connectivity index (χ0v) is 22.7. The van der Waals surface area contributed by atoms with Gasteiger partial charge in [0, 0.05) is 35.7 Å². The van der Waals surface area contributed by atoms with Crippen LogP contribution in [-0.2, 0) is 27.3 Å². The predicted molar refractivity (Wildman–Crippen MR) is 147 cm³/mol. The second kappa shape index (κ2) is 9.53. The first-order valence-electron chi connectivity index (χ1n) is 13.0. The number of phenols is 1. The van der Waals surface area contributed by atoms with E-state index in [1.165, 1.54) is 18.2 Å². The normalized spacial score (nSPS) is 25.6. The van der Waals surface area contributed by atoms with E-state index in [1.807, 2.05) is 0 Å². The van der Waals surface area contributed by atoms with E-state index >= 15 is 0 Å². The molecule has 2 aromatic rings. The summed E-state index contributed by atoms with van der Waals surface area (Å²) in [6, 6.07) is 7.52. The lowest BCUT2D eigenvalue weighted by Crippen LogP contribution is -2.62. The van der Waals surface area contributed by atoms with E-state index in [0.29, 0.717) is 16.7 Å². The molecule has 4 atom stereocenters. The molecule has 214 valence electrons. The van der Waals surface area contributed by atoms with Crippen molar-refractivity contribution in [3.8, 4) is 16.9 Å². The molecule has 1 amide bonds. The Labute approximate surface area is 234 Å². The van der Waals surface area contributed by atoms with Gasteiger partial charge in [0.25, 0.3) is 11.6 Å². The van der Waals surface area contributed by atoms with Gasteiger partial charge in [0.1, 0.15) is 22.8 Å². The van der Waals surface area contributed by atoms with E-state index in [0.717, 1.165) is 0 Å². The van der Waals surface area contributed by atoms with Gasteiger partial charge in [0.05, 0.1) is 21.9 Å². The first-order valence-corrected chi connectivity index (χ1v) is 13.0. The number of likely N-dealkylation sites (N-methyl/N-ethyl adjacent to an activating group) is 1. The van der Waals surface area contributed by atoms with Gasteiger partial charge in [-0.25, -0.2) is 0 Å². The number of aliphatic hydroxyl groups is 2. The molecule has 0 spiro atoms. The lowest BCUT2D eigenvalue weighted by atomic mass is 9.55. The molecule has 0 bridgehead atoms. The van der Waals surface area contributed by atoms with Crippen LogP contribution in [0.2, 0.25) is 0 Å². The Hall–Kier alpha value is -4.55. The number of ketones is 2. The van der Waals surface area contributed by atoms with E-state index in [1.54, 1.807) is 38.1 Å². The number of allylic oxidation sites excluding steroid dienone is 1. The minimum absolute atomic E-state index is 0.0281. The highest BCUT2D eigenvalue weighted by Crippen LogP contribution is 2.54. The number of nitrogens with two attached hydrogens (primary N) is 2. The fraction of sp³-hybridized carbons (Fsp3) is 0.345. The third kappa shape index (κ3) is 3.85. The monoisotopic (exact) mass is 562 g/mol. The van der Waals surface area contributed by atoms with Crippen molar-refractivity contribution in [2.75, 3.05) is 14.1 Å². The quantitative estimate of drug-likeness (QED) is 0.155. The number of non-ortho nitro benzene ring substituents is 1. The number of primary amides is 1. The van der Waals surface area contributed by atoms with Gasteiger partial charge in [0.2, 0.25) is 0 Å². The SMILES string of the molecule is CN(C)C1(C)C(O)=C(C(N)=O)C(=O)C2C(=O)C3=C(O)c4c(O)c(CN)cc(-c5cccc([N+](=O)[O-])c5)c4C[C@H]3C[C@H]21. The van der Waals surface area contributed by atoms with Crippen LogP contribution in [0.5, 0.6) is 5.75 Å². The van der Waals surface area contributed by atoms with Crippen molar-refractivity contribution in [2.24, 2.45) is 29.2 Å². The number of phenolic OH excluding ortho intramolecular Hbond substituents is 1. The minimum atomic E-state index is -1.40. The summed E-state index contributed by atoms with van der Waals surface area (Å²) >= 11 is 0. The van der Waals surface area contributed by atoms with Crippen LogP contribution in [0.25, 0.3) is 16.9 Å². The van der Waals surface area contributed by atoms with Gasteiger partial charge in [0.15, 0.2) is 11.6 Å². The maximum absolute atomic E-state index is 14.1. The highest BCUT2D eigenvalue weighted by atomic mass is 16.6. The Kier molecular flexibility index (Phi) is 6.51. The van der Waals surface area contributed by atoms with E-state index < -0.39 is 62.8 Å². The van der Waals surface area contributed by atoms with Crippen molar-refractivity contribution in [1.82, 2.24) is 4.90 Å². The molecule has 2 aromatic carbocycles. The average Bonchev–Trinajstić information content (AvgIpc) is 2.91. The lowest BCUT2D eigenvalue weighted by Gasteiger charge is -2.52. The van der Waals surface area contributed by atoms with Crippen LogP contribution in [0.15, 0.2) is 47.2 Å². The van der Waals surface area contributed by atoms with Gasteiger partial charge < -0.3 is 26.8 Å². The standard InChI is InChI=1S/C29H30N4O8/c1-29(32(2)3)18-10-13-8-17-16(12-5-4-6-15(7-12)33(40)41)9-14(11-30)23(34)20(17)24(35)19(13)25(36)21(18)26(37)22(27(29)38)28(31)39/h4-7,9,13,18,21,34-35,38H,8,10-11,30H2,1-3H3,(H2,31,39)/t13-,18+,21?,29?/m0/s1. The first kappa shape index (κ1) is 28.0. The molecule has 0 aromatic heterocycles. The molecule has 1 saturated carbocycles. The van der Waals surface area contributed by atoms with Crippen LogP contribution >= 0.6 is 0 Å². The topological polar surface area (TPSA) is 210 Å². The third-order valence-electron chi connectivity index (χ3n) is 9.06. The molecular formula is C29H30N4O8. The third-order valence-corrected chi connectivity index (χ3v) is 9.06. The molecular weight excluding hydrogens is 532 g/mol. The van der Waals surface area contributed by atoms with Crippen LogP contribution < -0.4 is 11.5 Å². The van der Waals surface area contributed by atoms with E-state index in [9.17, 15) is 39.8 Å². The number of hydrogen-bond acceptors (Lipinski definition) is 10. The average molecular weight is 563 g/mol. The molecule has 0 heterocycles. The van der Waals surface area contributed by atoms with E-state index in [-0.39, 0.29) is 47.5 Å². The number of Topliss-reactive ketones (excluding diaryl/α,β-unsaturated/α-hetero) is 2. The maximum atomic E-state index is 14.1. The summed E-state index contributed by atoms with van der Waals surface area (Å²) in [5, 5.41) is 45.3. The van der Waals surface area contributed by atoms with Crippen LogP contribution in [0, 0.1) is 27.9 Å². The molecule has 0 saturated heterocycles. The number of benzene rings is 2. The summed E-state index contributed by atoms with van der Waals surface area (Å²) in [5.74, 6) is -6.95. The lowest BCUT2D eigenvalue weighted by molar-refractivity contribution is -0.384. The molecule has 2 unspecified atom stereocenters. The summed E-state index contributed by atoms with van der Waals surface area (Å²) in [5.41, 5.74) is 10.8. The molecule has 3 aliphatic carbocycles. The highest BCUT2D eigenvalue weighted by molar-refractivity contribution is 6.28. The summed E-state index contributed by atoms with van der Waals surface area (Å²) in [6.07, 6.45) is 0.310. The van der Waals surface area contributed by atoms with Crippen LogP contribution in [0.3, 0.4) is 0 Å². The molecule has 7 N–H and O–H groups in total. The van der Waals surface area contributed by atoms with E-state index in [2.05, 4.69) is 0 Å². The summed E-state index contributed by atoms with van der Waals surface area (Å²) in [4.78, 5) is 52.3. The molecule has 0 radical (unpaired) electrons. The van der Waals surface area contributed by atoms with E-state index in [4.69, 9.17) is 11.5 Å². The number of amides is 1. The molecule has 41 heavy (non-hydrogen) atoms. The smallest absolute Gasteiger partial charge is 0.270 e. The van der Waals surface area contributed by atoms with Crippen molar-refractivity contribution in [3.63, 3.8) is 0 Å². The van der Waals surface area contributed by atoms with Crippen molar-refractivity contribution >= 4 is 28.9 Å². The van der Waals surface area contributed by atoms with Crippen LogP contribution in [-0.4, -0.2) is 62.3 Å². The predicted octanol–water partition coefficient (Wildman–Crippen LogP) is 2.27. The molecule has 1 fully saturated rings. The zero-order valence-electron chi connectivity index (χ0n) is 22.7. The van der Waals surface area contributed by atoms with Crippen molar-refractivity contribution in [3.05, 3.63) is 74.0 Å². The Morgan fingerprint density at radius 1 is 1.17 bits per heavy atom. The van der Waals surface area contributed by atoms with Gasteiger partial charge in [-0.05, 0) is 62.5 Å². The number of nitrogens with zero attached hydrogens (tertiary/aromatic N) is 2. The Morgan fingerprint density at radius 2 is 1.85 bits per heavy atom. The number of rotatable bonds is 5. The van der Waals surface area contributed by atoms with Crippen LogP contribution in [0.1, 0.15) is 30.0 Å². The number of aliphatic hydroxyl groups excluding tert-OH is 2. The largest absolute Gasteiger partial charge is 0.509 e. The Balaban J connectivity index is 1.75. The fourth-order valence-electron chi connectivity index (χ4n) is 6.76. The second-order valence-electron chi connectivity index (χ2n) is 11.1. The summed E-state index contributed by atoms with van der Waals surface area (Å²) < 4.78 is 0.